The molecule has 0 N–H and O–H groups in total. The highest BCUT2D eigenvalue weighted by Gasteiger charge is 2.15. The molecular weight excluding hydrogens is 183 g/mol. The molecule has 0 aliphatic rings. The predicted octanol–water partition coefficient (Wildman–Crippen LogP) is 2.49. The van der Waals surface area contributed by atoms with Gasteiger partial charge in [0.1, 0.15) is 5.82 Å². The fraction of sp³-hybridized carbons (Fsp3) is 0.364. The van der Waals surface area contributed by atoms with Gasteiger partial charge < -0.3 is 4.74 Å². The van der Waals surface area contributed by atoms with E-state index in [9.17, 15) is 9.18 Å². The molecule has 1 rings (SSSR count). The SMILES string of the molecule is CCOC(=O)C(C)c1ccc(F)cc1. The molecule has 2 nitrogen and oxygen atoms in total. The van der Waals surface area contributed by atoms with E-state index < -0.39 is 0 Å². The van der Waals surface area contributed by atoms with Gasteiger partial charge in [-0.15, -0.1) is 0 Å². The van der Waals surface area contributed by atoms with Crippen molar-refractivity contribution in [3.8, 4) is 0 Å². The zero-order chi connectivity index (χ0) is 10.6. The average molecular weight is 196 g/mol. The number of halogens is 1. The van der Waals surface area contributed by atoms with Gasteiger partial charge in [-0.2, -0.15) is 0 Å². The third-order valence-corrected chi connectivity index (χ3v) is 2.01. The lowest BCUT2D eigenvalue weighted by Gasteiger charge is -2.10. The zero-order valence-corrected chi connectivity index (χ0v) is 8.29. The molecule has 76 valence electrons. The number of carbonyl (C=O) groups excluding carboxylic acids is 1. The minimum atomic E-state index is -0.337. The van der Waals surface area contributed by atoms with E-state index in [-0.39, 0.29) is 17.7 Å². The lowest BCUT2D eigenvalue weighted by molar-refractivity contribution is -0.144. The highest BCUT2D eigenvalue weighted by molar-refractivity contribution is 5.77. The molecule has 1 unspecified atom stereocenters. The highest BCUT2D eigenvalue weighted by Crippen LogP contribution is 2.16. The van der Waals surface area contributed by atoms with Crippen molar-refractivity contribution in [1.82, 2.24) is 0 Å². The summed E-state index contributed by atoms with van der Waals surface area (Å²) in [6.07, 6.45) is 0. The molecule has 3 heteroatoms. The summed E-state index contributed by atoms with van der Waals surface area (Å²) in [7, 11) is 0. The molecule has 0 aliphatic heterocycles. The molecule has 0 heterocycles. The van der Waals surface area contributed by atoms with Crippen molar-refractivity contribution in [3.63, 3.8) is 0 Å². The second kappa shape index (κ2) is 4.74. The van der Waals surface area contributed by atoms with Gasteiger partial charge in [-0.05, 0) is 31.5 Å². The Balaban J connectivity index is 2.73. The summed E-state index contributed by atoms with van der Waals surface area (Å²) in [5.74, 6) is -0.917. The number of ether oxygens (including phenoxy) is 1. The van der Waals surface area contributed by atoms with Crippen molar-refractivity contribution in [3.05, 3.63) is 35.6 Å². The maximum absolute atomic E-state index is 12.6. The van der Waals surface area contributed by atoms with Gasteiger partial charge in [-0.3, -0.25) is 4.79 Å². The molecule has 0 fully saturated rings. The van der Waals surface area contributed by atoms with E-state index in [0.29, 0.717) is 6.61 Å². The van der Waals surface area contributed by atoms with Gasteiger partial charge in [0.05, 0.1) is 12.5 Å². The van der Waals surface area contributed by atoms with Crippen LogP contribution in [0.25, 0.3) is 0 Å². The molecule has 0 radical (unpaired) electrons. The fourth-order valence-electron chi connectivity index (χ4n) is 1.15. The summed E-state index contributed by atoms with van der Waals surface area (Å²) < 4.78 is 17.4. The van der Waals surface area contributed by atoms with Gasteiger partial charge in [0, 0.05) is 0 Å². The van der Waals surface area contributed by atoms with Crippen LogP contribution in [0.4, 0.5) is 4.39 Å². The van der Waals surface area contributed by atoms with Crippen molar-refractivity contribution in [2.75, 3.05) is 6.61 Å². The molecule has 0 bridgehead atoms. The smallest absolute Gasteiger partial charge is 0.313 e. The van der Waals surface area contributed by atoms with Crippen molar-refractivity contribution >= 4 is 5.97 Å². The molecule has 0 saturated heterocycles. The van der Waals surface area contributed by atoms with Gasteiger partial charge in [0.15, 0.2) is 0 Å². The third kappa shape index (κ3) is 2.55. The van der Waals surface area contributed by atoms with Gasteiger partial charge in [0.25, 0.3) is 0 Å². The highest BCUT2D eigenvalue weighted by atomic mass is 19.1. The van der Waals surface area contributed by atoms with Crippen molar-refractivity contribution < 1.29 is 13.9 Å². The Morgan fingerprint density at radius 3 is 2.50 bits per heavy atom. The Morgan fingerprint density at radius 2 is 2.00 bits per heavy atom. The Morgan fingerprint density at radius 1 is 1.43 bits per heavy atom. The molecule has 14 heavy (non-hydrogen) atoms. The minimum Gasteiger partial charge on any atom is -0.466 e. The summed E-state index contributed by atoms with van der Waals surface area (Å²) in [4.78, 5) is 11.3. The molecule has 0 spiro atoms. The molecule has 0 saturated carbocycles. The molecule has 1 atom stereocenters. The topological polar surface area (TPSA) is 26.3 Å². The zero-order valence-electron chi connectivity index (χ0n) is 8.29. The van der Waals surface area contributed by atoms with Crippen LogP contribution in [-0.2, 0) is 9.53 Å². The van der Waals surface area contributed by atoms with Crippen molar-refractivity contribution in [2.45, 2.75) is 19.8 Å². The van der Waals surface area contributed by atoms with Crippen LogP contribution in [0.2, 0.25) is 0 Å². The number of hydrogen-bond acceptors (Lipinski definition) is 2. The van der Waals surface area contributed by atoms with Crippen LogP contribution < -0.4 is 0 Å². The molecule has 0 aliphatic carbocycles. The number of carbonyl (C=O) groups is 1. The maximum atomic E-state index is 12.6. The first-order valence-corrected chi connectivity index (χ1v) is 4.57. The van der Waals surface area contributed by atoms with Gasteiger partial charge in [-0.1, -0.05) is 12.1 Å². The maximum Gasteiger partial charge on any atom is 0.313 e. The fourth-order valence-corrected chi connectivity index (χ4v) is 1.15. The monoisotopic (exact) mass is 196 g/mol. The largest absolute Gasteiger partial charge is 0.466 e. The van der Waals surface area contributed by atoms with E-state index in [1.807, 2.05) is 0 Å². The van der Waals surface area contributed by atoms with E-state index in [2.05, 4.69) is 0 Å². The van der Waals surface area contributed by atoms with Gasteiger partial charge >= 0.3 is 5.97 Å². The first-order valence-electron chi connectivity index (χ1n) is 4.57. The van der Waals surface area contributed by atoms with Crippen LogP contribution in [0.15, 0.2) is 24.3 Å². The molecule has 0 amide bonds. The minimum absolute atomic E-state index is 0.279. The Kier molecular flexibility index (Phi) is 3.63. The molecule has 1 aromatic rings. The van der Waals surface area contributed by atoms with Gasteiger partial charge in [0.2, 0.25) is 0 Å². The summed E-state index contributed by atoms with van der Waals surface area (Å²) in [5.41, 5.74) is 0.768. The second-order valence-corrected chi connectivity index (χ2v) is 3.03. The molecule has 0 aromatic heterocycles. The van der Waals surface area contributed by atoms with Crippen molar-refractivity contribution in [2.24, 2.45) is 0 Å². The van der Waals surface area contributed by atoms with Crippen LogP contribution in [0.3, 0.4) is 0 Å². The van der Waals surface area contributed by atoms with Crippen LogP contribution in [0, 0.1) is 5.82 Å². The van der Waals surface area contributed by atoms with E-state index >= 15 is 0 Å². The Bertz CT molecular complexity index is 306. The molecule has 1 aromatic carbocycles. The van der Waals surface area contributed by atoms with Crippen LogP contribution in [-0.4, -0.2) is 12.6 Å². The number of benzene rings is 1. The quantitative estimate of drug-likeness (QED) is 0.694. The second-order valence-electron chi connectivity index (χ2n) is 3.03. The van der Waals surface area contributed by atoms with Crippen LogP contribution in [0.5, 0.6) is 0 Å². The number of esters is 1. The predicted molar refractivity (Wildman–Crippen MR) is 51.4 cm³/mol. The summed E-state index contributed by atoms with van der Waals surface area (Å²) >= 11 is 0. The number of hydrogen-bond donors (Lipinski definition) is 0. The summed E-state index contributed by atoms with van der Waals surface area (Å²) in [6, 6.07) is 5.87. The summed E-state index contributed by atoms with van der Waals surface area (Å²) in [6.45, 7) is 3.87. The Labute approximate surface area is 82.7 Å². The average Bonchev–Trinajstić information content (AvgIpc) is 2.18. The van der Waals surface area contributed by atoms with Crippen LogP contribution >= 0.6 is 0 Å². The Hall–Kier alpha value is -1.38. The van der Waals surface area contributed by atoms with E-state index in [4.69, 9.17) is 4.74 Å². The molecular formula is C11H13FO2. The van der Waals surface area contributed by atoms with E-state index in [1.165, 1.54) is 12.1 Å². The van der Waals surface area contributed by atoms with Gasteiger partial charge in [-0.25, -0.2) is 4.39 Å². The normalized spacial score (nSPS) is 12.2. The standard InChI is InChI=1S/C11H13FO2/c1-3-14-11(13)8(2)9-4-6-10(12)7-5-9/h4-8H,3H2,1-2H3. The van der Waals surface area contributed by atoms with E-state index in [0.717, 1.165) is 5.56 Å². The first kappa shape index (κ1) is 10.7. The van der Waals surface area contributed by atoms with E-state index in [1.54, 1.807) is 26.0 Å². The third-order valence-electron chi connectivity index (χ3n) is 2.01. The lowest BCUT2D eigenvalue weighted by Crippen LogP contribution is -2.12. The summed E-state index contributed by atoms with van der Waals surface area (Å²) in [5, 5.41) is 0. The van der Waals surface area contributed by atoms with Crippen LogP contribution in [0.1, 0.15) is 25.3 Å². The lowest BCUT2D eigenvalue weighted by atomic mass is 10.0. The first-order chi connectivity index (χ1) is 6.65. The number of rotatable bonds is 3. The van der Waals surface area contributed by atoms with Crippen molar-refractivity contribution in [1.29, 1.82) is 0 Å².